The molecule has 21 heavy (non-hydrogen) atoms. The fourth-order valence-electron chi connectivity index (χ4n) is 1.82. The Morgan fingerprint density at radius 1 is 1.43 bits per heavy atom. The number of carbonyl (C=O) groups excluding carboxylic acids is 1. The van der Waals surface area contributed by atoms with Crippen molar-refractivity contribution in [3.63, 3.8) is 0 Å². The lowest BCUT2D eigenvalue weighted by molar-refractivity contribution is 0.0697. The van der Waals surface area contributed by atoms with Gasteiger partial charge in [0.15, 0.2) is 0 Å². The van der Waals surface area contributed by atoms with Crippen LogP contribution in [0.5, 0.6) is 0 Å². The van der Waals surface area contributed by atoms with Crippen LogP contribution in [-0.2, 0) is 0 Å². The molecule has 5 nitrogen and oxygen atoms in total. The molecule has 1 aromatic carbocycles. The standard InChI is InChI=1S/C15H22N2O3S/c1-10-9-12(14(18)19)5-6-13(10)16-15(20)17(3)11(2)7-8-21-4/h5-6,9,11H,7-8H2,1-4H3,(H,16,20)(H,18,19). The quantitative estimate of drug-likeness (QED) is 0.846. The average Bonchev–Trinajstić information content (AvgIpc) is 2.45. The lowest BCUT2D eigenvalue weighted by Gasteiger charge is -2.25. The summed E-state index contributed by atoms with van der Waals surface area (Å²) in [6.07, 6.45) is 2.97. The predicted molar refractivity (Wildman–Crippen MR) is 87.4 cm³/mol. The van der Waals surface area contributed by atoms with E-state index >= 15 is 0 Å². The molecule has 0 aromatic heterocycles. The van der Waals surface area contributed by atoms with Gasteiger partial charge in [0.25, 0.3) is 0 Å². The lowest BCUT2D eigenvalue weighted by atomic mass is 10.1. The van der Waals surface area contributed by atoms with Gasteiger partial charge in [0.2, 0.25) is 0 Å². The highest BCUT2D eigenvalue weighted by atomic mass is 32.2. The van der Waals surface area contributed by atoms with Crippen molar-refractivity contribution < 1.29 is 14.7 Å². The van der Waals surface area contributed by atoms with Crippen molar-refractivity contribution in [3.05, 3.63) is 29.3 Å². The van der Waals surface area contributed by atoms with Gasteiger partial charge in [0.05, 0.1) is 5.56 Å². The third kappa shape index (κ3) is 4.97. The Morgan fingerprint density at radius 3 is 2.62 bits per heavy atom. The Balaban J connectivity index is 2.72. The van der Waals surface area contributed by atoms with Crippen molar-refractivity contribution in [3.8, 4) is 0 Å². The van der Waals surface area contributed by atoms with E-state index in [0.29, 0.717) is 5.69 Å². The molecule has 1 unspecified atom stereocenters. The molecule has 0 saturated heterocycles. The predicted octanol–water partition coefficient (Wildman–Crippen LogP) is 3.30. The summed E-state index contributed by atoms with van der Waals surface area (Å²) in [6, 6.07) is 4.62. The Labute approximate surface area is 129 Å². The first-order valence-electron chi connectivity index (χ1n) is 6.73. The van der Waals surface area contributed by atoms with Gasteiger partial charge in [-0.1, -0.05) is 0 Å². The maximum Gasteiger partial charge on any atom is 0.335 e. The minimum Gasteiger partial charge on any atom is -0.478 e. The number of anilines is 1. The van der Waals surface area contributed by atoms with Crippen molar-refractivity contribution in [1.29, 1.82) is 0 Å². The topological polar surface area (TPSA) is 69.6 Å². The van der Waals surface area contributed by atoms with E-state index in [2.05, 4.69) is 5.32 Å². The maximum absolute atomic E-state index is 12.2. The van der Waals surface area contributed by atoms with Crippen LogP contribution in [0.2, 0.25) is 0 Å². The summed E-state index contributed by atoms with van der Waals surface area (Å²) in [5.41, 5.74) is 1.58. The molecular weight excluding hydrogens is 288 g/mol. The first-order valence-corrected chi connectivity index (χ1v) is 8.13. The molecule has 0 spiro atoms. The Morgan fingerprint density at radius 2 is 2.10 bits per heavy atom. The maximum atomic E-state index is 12.2. The van der Waals surface area contributed by atoms with E-state index in [4.69, 9.17) is 5.11 Å². The van der Waals surface area contributed by atoms with Gasteiger partial charge in [0.1, 0.15) is 0 Å². The molecule has 6 heteroatoms. The average molecular weight is 310 g/mol. The van der Waals surface area contributed by atoms with Gasteiger partial charge in [-0.2, -0.15) is 11.8 Å². The Hall–Kier alpha value is -1.69. The third-order valence-electron chi connectivity index (χ3n) is 3.44. The summed E-state index contributed by atoms with van der Waals surface area (Å²) in [7, 11) is 1.77. The molecule has 1 rings (SSSR count). The molecule has 0 heterocycles. The second-order valence-corrected chi connectivity index (χ2v) is 5.99. The van der Waals surface area contributed by atoms with Gasteiger partial charge in [0, 0.05) is 18.8 Å². The summed E-state index contributed by atoms with van der Waals surface area (Å²) in [6.45, 7) is 3.79. The number of hydrogen-bond donors (Lipinski definition) is 2. The third-order valence-corrected chi connectivity index (χ3v) is 4.08. The minimum atomic E-state index is -0.973. The SMILES string of the molecule is CSCCC(C)N(C)C(=O)Nc1ccc(C(=O)O)cc1C. The number of carbonyl (C=O) groups is 2. The number of nitrogens with zero attached hydrogens (tertiary/aromatic N) is 1. The van der Waals surface area contributed by atoms with Crippen molar-refractivity contribution >= 4 is 29.4 Å². The number of urea groups is 1. The number of amides is 2. The second kappa shape index (κ2) is 7.93. The van der Waals surface area contributed by atoms with Gasteiger partial charge in [-0.3, -0.25) is 0 Å². The van der Waals surface area contributed by atoms with E-state index in [-0.39, 0.29) is 17.6 Å². The van der Waals surface area contributed by atoms with Crippen molar-refractivity contribution in [2.24, 2.45) is 0 Å². The monoisotopic (exact) mass is 310 g/mol. The fraction of sp³-hybridized carbons (Fsp3) is 0.467. The van der Waals surface area contributed by atoms with Crippen molar-refractivity contribution in [1.82, 2.24) is 4.90 Å². The normalized spacial score (nSPS) is 11.8. The van der Waals surface area contributed by atoms with Gasteiger partial charge < -0.3 is 15.3 Å². The van der Waals surface area contributed by atoms with Crippen LogP contribution in [0, 0.1) is 6.92 Å². The van der Waals surface area contributed by atoms with Crippen LogP contribution in [0.1, 0.15) is 29.3 Å². The molecule has 0 aliphatic heterocycles. The highest BCUT2D eigenvalue weighted by molar-refractivity contribution is 7.98. The number of aromatic carboxylic acids is 1. The summed E-state index contributed by atoms with van der Waals surface area (Å²) in [4.78, 5) is 24.7. The summed E-state index contributed by atoms with van der Waals surface area (Å²) >= 11 is 1.76. The summed E-state index contributed by atoms with van der Waals surface area (Å²) < 4.78 is 0. The van der Waals surface area contributed by atoms with E-state index in [9.17, 15) is 9.59 Å². The zero-order chi connectivity index (χ0) is 16.0. The van der Waals surface area contributed by atoms with E-state index in [1.54, 1.807) is 42.8 Å². The second-order valence-electron chi connectivity index (χ2n) is 5.01. The lowest BCUT2D eigenvalue weighted by Crippen LogP contribution is -2.38. The Bertz CT molecular complexity index is 520. The molecule has 0 saturated carbocycles. The van der Waals surface area contributed by atoms with Crippen LogP contribution in [0.25, 0.3) is 0 Å². The number of carboxylic acid groups (broad SMARTS) is 1. The molecule has 0 aliphatic carbocycles. The molecule has 0 radical (unpaired) electrons. The number of hydrogen-bond acceptors (Lipinski definition) is 3. The number of thioether (sulfide) groups is 1. The van der Waals surface area contributed by atoms with Crippen LogP contribution >= 0.6 is 11.8 Å². The van der Waals surface area contributed by atoms with E-state index in [1.807, 2.05) is 13.2 Å². The van der Waals surface area contributed by atoms with Crippen LogP contribution in [0.4, 0.5) is 10.5 Å². The van der Waals surface area contributed by atoms with E-state index in [1.165, 1.54) is 6.07 Å². The molecule has 2 amide bonds. The molecule has 0 bridgehead atoms. The summed E-state index contributed by atoms with van der Waals surface area (Å²) in [5, 5.41) is 11.7. The van der Waals surface area contributed by atoms with E-state index in [0.717, 1.165) is 17.7 Å². The largest absolute Gasteiger partial charge is 0.478 e. The summed E-state index contributed by atoms with van der Waals surface area (Å²) in [5.74, 6) is 0.0317. The van der Waals surface area contributed by atoms with Crippen LogP contribution in [0.15, 0.2) is 18.2 Å². The first kappa shape index (κ1) is 17.4. The molecule has 1 atom stereocenters. The van der Waals surface area contributed by atoms with Crippen molar-refractivity contribution in [2.75, 3.05) is 24.4 Å². The number of carboxylic acids is 1. The Kier molecular flexibility index (Phi) is 6.55. The molecular formula is C15H22N2O3S. The van der Waals surface area contributed by atoms with Crippen LogP contribution < -0.4 is 5.32 Å². The van der Waals surface area contributed by atoms with E-state index < -0.39 is 5.97 Å². The van der Waals surface area contributed by atoms with Gasteiger partial charge >= 0.3 is 12.0 Å². The van der Waals surface area contributed by atoms with Gasteiger partial charge in [-0.15, -0.1) is 0 Å². The minimum absolute atomic E-state index is 0.149. The van der Waals surface area contributed by atoms with Crippen molar-refractivity contribution in [2.45, 2.75) is 26.3 Å². The molecule has 0 aliphatic rings. The first-order chi connectivity index (χ1) is 9.86. The zero-order valence-corrected chi connectivity index (χ0v) is 13.7. The zero-order valence-electron chi connectivity index (χ0n) is 12.8. The number of nitrogens with one attached hydrogen (secondary N) is 1. The smallest absolute Gasteiger partial charge is 0.335 e. The molecule has 0 fully saturated rings. The van der Waals surface area contributed by atoms with Gasteiger partial charge in [-0.05, 0) is 56.0 Å². The van der Waals surface area contributed by atoms with Crippen LogP contribution in [-0.4, -0.2) is 47.1 Å². The highest BCUT2D eigenvalue weighted by Gasteiger charge is 2.16. The highest BCUT2D eigenvalue weighted by Crippen LogP contribution is 2.18. The van der Waals surface area contributed by atoms with Crippen LogP contribution in [0.3, 0.4) is 0 Å². The molecule has 116 valence electrons. The number of benzene rings is 1. The fourth-order valence-corrected chi connectivity index (χ4v) is 2.40. The van der Waals surface area contributed by atoms with Gasteiger partial charge in [-0.25, -0.2) is 9.59 Å². The number of aryl methyl sites for hydroxylation is 1. The molecule has 2 N–H and O–H groups in total. The number of rotatable bonds is 6. The molecule has 1 aromatic rings.